The topological polar surface area (TPSA) is 49.9 Å². The van der Waals surface area contributed by atoms with E-state index in [-0.39, 0.29) is 5.84 Å². The van der Waals surface area contributed by atoms with Crippen molar-refractivity contribution in [3.63, 3.8) is 0 Å². The van der Waals surface area contributed by atoms with Crippen molar-refractivity contribution in [1.82, 2.24) is 0 Å². The molecular formula is C14H20N2S. The smallest absolute Gasteiger partial charge is 0.133 e. The van der Waals surface area contributed by atoms with E-state index in [1.807, 2.05) is 0 Å². The van der Waals surface area contributed by atoms with Crippen molar-refractivity contribution in [2.24, 2.45) is 5.73 Å². The number of aryl methyl sites for hydroxylation is 1. The molecule has 0 aliphatic heterocycles. The number of allylic oxidation sites excluding steroid dienone is 2. The van der Waals surface area contributed by atoms with E-state index in [9.17, 15) is 0 Å². The third-order valence-electron chi connectivity index (χ3n) is 3.20. The van der Waals surface area contributed by atoms with E-state index >= 15 is 0 Å². The van der Waals surface area contributed by atoms with Crippen LogP contribution < -0.4 is 5.73 Å². The van der Waals surface area contributed by atoms with Crippen molar-refractivity contribution in [2.45, 2.75) is 45.4 Å². The summed E-state index contributed by atoms with van der Waals surface area (Å²) in [6.45, 7) is 2.21. The van der Waals surface area contributed by atoms with E-state index in [4.69, 9.17) is 11.1 Å². The molecule has 0 radical (unpaired) electrons. The summed E-state index contributed by atoms with van der Waals surface area (Å²) in [5.41, 5.74) is 8.43. The quantitative estimate of drug-likeness (QED) is 0.475. The van der Waals surface area contributed by atoms with Crippen LogP contribution in [0, 0.1) is 5.41 Å². The Bertz CT molecular complexity index is 443. The van der Waals surface area contributed by atoms with Gasteiger partial charge >= 0.3 is 0 Å². The molecule has 0 saturated carbocycles. The predicted octanol–water partition coefficient (Wildman–Crippen LogP) is 3.94. The van der Waals surface area contributed by atoms with Gasteiger partial charge in [-0.05, 0) is 49.3 Å². The van der Waals surface area contributed by atoms with Crippen LogP contribution in [-0.2, 0) is 6.42 Å². The summed E-state index contributed by atoms with van der Waals surface area (Å²) < 4.78 is 0. The molecule has 0 atom stereocenters. The van der Waals surface area contributed by atoms with Crippen LogP contribution in [0.25, 0.3) is 5.57 Å². The molecule has 0 saturated heterocycles. The summed E-state index contributed by atoms with van der Waals surface area (Å²) in [5, 5.41) is 7.54. The van der Waals surface area contributed by atoms with E-state index in [1.165, 1.54) is 41.7 Å². The number of nitrogens with one attached hydrogen (secondary N) is 1. The second-order valence-electron chi connectivity index (χ2n) is 4.59. The second-order valence-corrected chi connectivity index (χ2v) is 5.72. The SMILES string of the molecule is CCC/C=C1\CCCCc2sc(C(=N)N)cc21. The number of fused-ring (bicyclic) bond motifs is 1. The van der Waals surface area contributed by atoms with E-state index < -0.39 is 0 Å². The van der Waals surface area contributed by atoms with Crippen molar-refractivity contribution in [1.29, 1.82) is 5.41 Å². The number of nitrogen functional groups attached to an aromatic ring is 1. The summed E-state index contributed by atoms with van der Waals surface area (Å²) in [6.07, 6.45) is 9.60. The number of nitrogens with two attached hydrogens (primary N) is 1. The molecule has 0 unspecified atom stereocenters. The molecular weight excluding hydrogens is 228 g/mol. The Balaban J connectivity index is 2.37. The maximum atomic E-state index is 7.54. The van der Waals surface area contributed by atoms with Gasteiger partial charge in [0.15, 0.2) is 0 Å². The summed E-state index contributed by atoms with van der Waals surface area (Å²) in [6, 6.07) is 2.12. The van der Waals surface area contributed by atoms with Gasteiger partial charge in [-0.15, -0.1) is 11.3 Å². The van der Waals surface area contributed by atoms with Crippen molar-refractivity contribution in [3.05, 3.63) is 27.5 Å². The standard InChI is InChI=1S/C14H20N2S/c1-2-3-6-10-7-4-5-8-12-11(10)9-13(17-12)14(15)16/h6,9H,2-5,7-8H2,1H3,(H3,15,16)/b10-6+. The molecule has 0 aromatic carbocycles. The lowest BCUT2D eigenvalue weighted by molar-refractivity contribution is 0.775. The molecule has 0 spiro atoms. The van der Waals surface area contributed by atoms with Gasteiger partial charge in [0.2, 0.25) is 0 Å². The number of rotatable bonds is 3. The molecule has 3 N–H and O–H groups in total. The normalized spacial score (nSPS) is 17.8. The Morgan fingerprint density at radius 1 is 1.47 bits per heavy atom. The van der Waals surface area contributed by atoms with Gasteiger partial charge in [0.25, 0.3) is 0 Å². The van der Waals surface area contributed by atoms with Gasteiger partial charge in [-0.25, -0.2) is 0 Å². The van der Waals surface area contributed by atoms with Crippen molar-refractivity contribution < 1.29 is 0 Å². The first-order valence-corrected chi connectivity index (χ1v) is 7.20. The molecule has 1 aliphatic rings. The number of hydrogen-bond acceptors (Lipinski definition) is 2. The Morgan fingerprint density at radius 3 is 2.94 bits per heavy atom. The van der Waals surface area contributed by atoms with E-state index in [1.54, 1.807) is 11.3 Å². The fourth-order valence-corrected chi connectivity index (χ4v) is 3.38. The molecule has 0 bridgehead atoms. The molecule has 92 valence electrons. The fourth-order valence-electron chi connectivity index (χ4n) is 2.29. The minimum Gasteiger partial charge on any atom is -0.383 e. The number of thiophene rings is 1. The predicted molar refractivity (Wildman–Crippen MR) is 75.8 cm³/mol. The Hall–Kier alpha value is -1.09. The molecule has 2 nitrogen and oxygen atoms in total. The molecule has 2 rings (SSSR count). The van der Waals surface area contributed by atoms with Crippen LogP contribution in [-0.4, -0.2) is 5.84 Å². The molecule has 1 aromatic rings. The Morgan fingerprint density at radius 2 is 2.24 bits per heavy atom. The second kappa shape index (κ2) is 5.50. The van der Waals surface area contributed by atoms with Crippen LogP contribution in [0.5, 0.6) is 0 Å². The monoisotopic (exact) mass is 248 g/mol. The van der Waals surface area contributed by atoms with Crippen LogP contribution in [0.3, 0.4) is 0 Å². The molecule has 0 fully saturated rings. The lowest BCUT2D eigenvalue weighted by Gasteiger charge is -2.03. The molecule has 1 aliphatic carbocycles. The van der Waals surface area contributed by atoms with Crippen molar-refractivity contribution in [2.75, 3.05) is 0 Å². The van der Waals surface area contributed by atoms with Gasteiger partial charge in [-0.1, -0.05) is 19.4 Å². The molecule has 1 heterocycles. The maximum absolute atomic E-state index is 7.54. The third kappa shape index (κ3) is 2.78. The maximum Gasteiger partial charge on any atom is 0.133 e. The van der Waals surface area contributed by atoms with Gasteiger partial charge < -0.3 is 5.73 Å². The zero-order valence-corrected chi connectivity index (χ0v) is 11.2. The number of amidine groups is 1. The first-order valence-electron chi connectivity index (χ1n) is 6.39. The minimum atomic E-state index is 0.206. The lowest BCUT2D eigenvalue weighted by Crippen LogP contribution is -2.08. The van der Waals surface area contributed by atoms with Gasteiger partial charge in [0, 0.05) is 4.88 Å². The number of unbranched alkanes of at least 4 members (excludes halogenated alkanes) is 1. The fraction of sp³-hybridized carbons (Fsp3) is 0.500. The van der Waals surface area contributed by atoms with Crippen molar-refractivity contribution in [3.8, 4) is 0 Å². The molecule has 17 heavy (non-hydrogen) atoms. The summed E-state index contributed by atoms with van der Waals surface area (Å²) in [5.74, 6) is 0.206. The van der Waals surface area contributed by atoms with Crippen molar-refractivity contribution >= 4 is 22.7 Å². The third-order valence-corrected chi connectivity index (χ3v) is 4.43. The van der Waals surface area contributed by atoms with Crippen LogP contribution in [0.15, 0.2) is 12.1 Å². The van der Waals surface area contributed by atoms with Crippen LogP contribution in [0.2, 0.25) is 0 Å². The summed E-state index contributed by atoms with van der Waals surface area (Å²) in [7, 11) is 0. The lowest BCUT2D eigenvalue weighted by atomic mass is 10.0. The highest BCUT2D eigenvalue weighted by atomic mass is 32.1. The first-order chi connectivity index (χ1) is 8.22. The van der Waals surface area contributed by atoms with Gasteiger partial charge in [0.1, 0.15) is 5.84 Å². The Kier molecular flexibility index (Phi) is 4.00. The summed E-state index contributed by atoms with van der Waals surface area (Å²) >= 11 is 1.70. The number of hydrogen-bond donors (Lipinski definition) is 2. The first kappa shape index (κ1) is 12.4. The molecule has 0 amide bonds. The van der Waals surface area contributed by atoms with Crippen LogP contribution >= 0.6 is 11.3 Å². The highest BCUT2D eigenvalue weighted by molar-refractivity contribution is 7.14. The highest BCUT2D eigenvalue weighted by Gasteiger charge is 2.16. The van der Waals surface area contributed by atoms with Crippen LogP contribution in [0.1, 0.15) is 54.3 Å². The molecule has 3 heteroatoms. The zero-order valence-electron chi connectivity index (χ0n) is 10.4. The Labute approximate surface area is 107 Å². The van der Waals surface area contributed by atoms with Gasteiger partial charge in [-0.2, -0.15) is 0 Å². The van der Waals surface area contributed by atoms with E-state index in [0.29, 0.717) is 0 Å². The van der Waals surface area contributed by atoms with E-state index in [2.05, 4.69) is 19.1 Å². The average molecular weight is 248 g/mol. The zero-order chi connectivity index (χ0) is 12.3. The highest BCUT2D eigenvalue weighted by Crippen LogP contribution is 2.35. The van der Waals surface area contributed by atoms with Gasteiger partial charge in [0.05, 0.1) is 4.88 Å². The summed E-state index contributed by atoms with van der Waals surface area (Å²) in [4.78, 5) is 2.36. The average Bonchev–Trinajstić information content (AvgIpc) is 2.64. The van der Waals surface area contributed by atoms with Gasteiger partial charge in [-0.3, -0.25) is 5.41 Å². The molecule has 1 aromatic heterocycles. The van der Waals surface area contributed by atoms with E-state index in [0.717, 1.165) is 17.7 Å². The largest absolute Gasteiger partial charge is 0.383 e. The minimum absolute atomic E-state index is 0.206. The van der Waals surface area contributed by atoms with Crippen LogP contribution in [0.4, 0.5) is 0 Å².